The molecule has 0 spiro atoms. The molecule has 3 aromatic rings. The molecule has 39 heavy (non-hydrogen) atoms. The number of nitrogens with one attached hydrogen (secondary N) is 1. The van der Waals surface area contributed by atoms with Gasteiger partial charge in [0, 0.05) is 28.4 Å². The average Bonchev–Trinajstić information content (AvgIpc) is 3.19. The molecule has 1 unspecified atom stereocenters. The minimum atomic E-state index is -1.15. The third kappa shape index (κ3) is 5.63. The van der Waals surface area contributed by atoms with E-state index >= 15 is 0 Å². The lowest BCUT2D eigenvalue weighted by molar-refractivity contribution is -0.384. The number of alkyl carbamates (subject to hydrolysis) is 1. The Morgan fingerprint density at radius 3 is 2.15 bits per heavy atom. The Labute approximate surface area is 227 Å². The van der Waals surface area contributed by atoms with Crippen molar-refractivity contribution in [3.05, 3.63) is 117 Å². The maximum atomic E-state index is 13.3. The second-order valence-electron chi connectivity index (χ2n) is 8.99. The van der Waals surface area contributed by atoms with Gasteiger partial charge in [0.1, 0.15) is 24.6 Å². The summed E-state index contributed by atoms with van der Waals surface area (Å²) in [5.41, 5.74) is 0.243. The largest absolute Gasteiger partial charge is 0.456 e. The zero-order valence-electron chi connectivity index (χ0n) is 20.6. The molecule has 1 N–H and O–H groups in total. The van der Waals surface area contributed by atoms with E-state index in [0.717, 1.165) is 10.5 Å². The highest BCUT2D eigenvalue weighted by atomic mass is 32.2. The van der Waals surface area contributed by atoms with Crippen LogP contribution in [0.2, 0.25) is 0 Å². The van der Waals surface area contributed by atoms with Gasteiger partial charge in [-0.2, -0.15) is 0 Å². The molecule has 2 heterocycles. The second kappa shape index (κ2) is 11.0. The van der Waals surface area contributed by atoms with Crippen LogP contribution in [0.15, 0.2) is 100 Å². The minimum Gasteiger partial charge on any atom is -0.456 e. The SMILES string of the molecule is O=C(NC12CC(=O)N1C(C(=O)OCc1ccccc1)=C(Sc1ccccc1)C2)OCc1ccc([N+](=O)[O-])cc1. The summed E-state index contributed by atoms with van der Waals surface area (Å²) in [5, 5.41) is 13.6. The summed E-state index contributed by atoms with van der Waals surface area (Å²) in [4.78, 5) is 51.9. The van der Waals surface area contributed by atoms with Crippen LogP contribution in [0.3, 0.4) is 0 Å². The number of esters is 1. The first-order valence-electron chi connectivity index (χ1n) is 12.0. The molecule has 0 bridgehead atoms. The predicted octanol–water partition coefficient (Wildman–Crippen LogP) is 4.90. The van der Waals surface area contributed by atoms with Gasteiger partial charge < -0.3 is 9.47 Å². The van der Waals surface area contributed by atoms with E-state index in [4.69, 9.17) is 9.47 Å². The van der Waals surface area contributed by atoms with E-state index in [1.807, 2.05) is 60.7 Å². The number of thioether (sulfide) groups is 1. The maximum absolute atomic E-state index is 13.3. The van der Waals surface area contributed by atoms with Crippen LogP contribution in [-0.2, 0) is 32.3 Å². The van der Waals surface area contributed by atoms with Crippen LogP contribution in [0.4, 0.5) is 10.5 Å². The standard InChI is InChI=1S/C28H23N3O7S/c32-24-16-28(29-27(34)38-18-20-11-13-21(14-12-20)31(35)36)15-23(39-22-9-5-2-6-10-22)25(30(24)28)26(33)37-17-19-7-3-1-4-8-19/h1-14H,15-18H2,(H,29,34). The van der Waals surface area contributed by atoms with Gasteiger partial charge in [-0.3, -0.25) is 25.1 Å². The van der Waals surface area contributed by atoms with E-state index in [2.05, 4.69) is 5.32 Å². The van der Waals surface area contributed by atoms with Crippen molar-refractivity contribution in [3.63, 3.8) is 0 Å². The second-order valence-corrected chi connectivity index (χ2v) is 10.2. The quantitative estimate of drug-likeness (QED) is 0.174. The number of hydrogen-bond donors (Lipinski definition) is 1. The lowest BCUT2D eigenvalue weighted by atomic mass is 9.93. The molecule has 0 aromatic heterocycles. The first-order valence-corrected chi connectivity index (χ1v) is 12.8. The lowest BCUT2D eigenvalue weighted by Crippen LogP contribution is -2.69. The summed E-state index contributed by atoms with van der Waals surface area (Å²) in [6, 6.07) is 24.2. The van der Waals surface area contributed by atoms with Gasteiger partial charge in [0.2, 0.25) is 5.91 Å². The van der Waals surface area contributed by atoms with Crippen molar-refractivity contribution in [2.75, 3.05) is 0 Å². The number of nitro benzene ring substituents is 1. The van der Waals surface area contributed by atoms with Gasteiger partial charge in [-0.15, -0.1) is 0 Å². The fourth-order valence-corrected chi connectivity index (χ4v) is 5.61. The Bertz CT molecular complexity index is 1440. The van der Waals surface area contributed by atoms with E-state index in [9.17, 15) is 24.5 Å². The Morgan fingerprint density at radius 2 is 1.51 bits per heavy atom. The number of hydrogen-bond acceptors (Lipinski definition) is 8. The Balaban J connectivity index is 1.31. The molecule has 198 valence electrons. The third-order valence-electron chi connectivity index (χ3n) is 6.30. The molecule has 2 aliphatic rings. The number of carbonyl (C=O) groups is 3. The first-order chi connectivity index (χ1) is 18.8. The average molecular weight is 546 g/mol. The molecule has 10 nitrogen and oxygen atoms in total. The van der Waals surface area contributed by atoms with Gasteiger partial charge >= 0.3 is 12.1 Å². The summed E-state index contributed by atoms with van der Waals surface area (Å²) in [6.45, 7) is -0.0922. The molecular formula is C28H23N3O7S. The Hall–Kier alpha value is -4.64. The van der Waals surface area contributed by atoms with Gasteiger partial charge in [-0.1, -0.05) is 60.3 Å². The van der Waals surface area contributed by atoms with Gasteiger partial charge in [-0.25, -0.2) is 9.59 Å². The summed E-state index contributed by atoms with van der Waals surface area (Å²) in [5.74, 6) is -0.978. The number of rotatable bonds is 9. The van der Waals surface area contributed by atoms with Crippen molar-refractivity contribution in [2.24, 2.45) is 0 Å². The molecule has 5 rings (SSSR count). The van der Waals surface area contributed by atoms with E-state index in [-0.39, 0.29) is 43.3 Å². The highest BCUT2D eigenvalue weighted by molar-refractivity contribution is 8.03. The predicted molar refractivity (Wildman–Crippen MR) is 141 cm³/mol. The van der Waals surface area contributed by atoms with Crippen LogP contribution in [0.1, 0.15) is 24.0 Å². The number of β-lactam (4-membered cyclic amide) rings is 1. The number of non-ortho nitro benzene ring substituents is 1. The monoisotopic (exact) mass is 545 g/mol. The number of carbonyl (C=O) groups excluding carboxylic acids is 3. The fourth-order valence-electron chi connectivity index (χ4n) is 4.45. The smallest absolute Gasteiger partial charge is 0.409 e. The molecule has 0 radical (unpaired) electrons. The molecule has 0 saturated carbocycles. The number of ether oxygens (including phenoxy) is 2. The van der Waals surface area contributed by atoms with E-state index in [1.54, 1.807) is 0 Å². The molecule has 2 amide bonds. The van der Waals surface area contributed by atoms with Crippen molar-refractivity contribution in [1.82, 2.24) is 10.2 Å². The van der Waals surface area contributed by atoms with Crippen molar-refractivity contribution in [1.29, 1.82) is 0 Å². The summed E-state index contributed by atoms with van der Waals surface area (Å²) >= 11 is 1.34. The summed E-state index contributed by atoms with van der Waals surface area (Å²) in [7, 11) is 0. The number of benzene rings is 3. The van der Waals surface area contributed by atoms with Crippen molar-refractivity contribution < 1.29 is 28.8 Å². The normalized spacial score (nSPS) is 17.7. The van der Waals surface area contributed by atoms with Crippen LogP contribution in [0.5, 0.6) is 0 Å². The van der Waals surface area contributed by atoms with Gasteiger partial charge in [0.25, 0.3) is 5.69 Å². The van der Waals surface area contributed by atoms with Crippen LogP contribution < -0.4 is 5.32 Å². The lowest BCUT2D eigenvalue weighted by Gasteiger charge is -2.47. The Morgan fingerprint density at radius 1 is 0.897 bits per heavy atom. The highest BCUT2D eigenvalue weighted by Crippen LogP contribution is 2.51. The molecule has 3 aromatic carbocycles. The summed E-state index contributed by atoms with van der Waals surface area (Å²) in [6.07, 6.45) is -0.580. The highest BCUT2D eigenvalue weighted by Gasteiger charge is 2.60. The van der Waals surface area contributed by atoms with Crippen LogP contribution in [0, 0.1) is 10.1 Å². The topological polar surface area (TPSA) is 128 Å². The van der Waals surface area contributed by atoms with Crippen LogP contribution in [-0.4, -0.2) is 33.5 Å². The van der Waals surface area contributed by atoms with Gasteiger partial charge in [-0.05, 0) is 35.4 Å². The summed E-state index contributed by atoms with van der Waals surface area (Å²) < 4.78 is 10.9. The van der Waals surface area contributed by atoms with Crippen molar-refractivity contribution in [3.8, 4) is 0 Å². The van der Waals surface area contributed by atoms with E-state index in [1.165, 1.54) is 40.9 Å². The molecule has 2 aliphatic heterocycles. The molecule has 1 fully saturated rings. The van der Waals surface area contributed by atoms with Crippen molar-refractivity contribution in [2.45, 2.75) is 36.6 Å². The molecule has 1 atom stereocenters. The molecule has 11 heteroatoms. The zero-order chi connectivity index (χ0) is 27.4. The van der Waals surface area contributed by atoms with Gasteiger partial charge in [0.05, 0.1) is 11.3 Å². The molecular weight excluding hydrogens is 522 g/mol. The Kier molecular flexibility index (Phi) is 7.33. The minimum absolute atomic E-state index is 0.00601. The molecule has 1 saturated heterocycles. The van der Waals surface area contributed by atoms with Crippen LogP contribution in [0.25, 0.3) is 0 Å². The first kappa shape index (κ1) is 26.0. The van der Waals surface area contributed by atoms with Crippen molar-refractivity contribution >= 4 is 35.4 Å². The number of nitro groups is 1. The third-order valence-corrected chi connectivity index (χ3v) is 7.40. The number of amides is 2. The van der Waals surface area contributed by atoms with Gasteiger partial charge in [0.15, 0.2) is 0 Å². The number of nitrogens with zero attached hydrogens (tertiary/aromatic N) is 2. The molecule has 0 aliphatic carbocycles. The van der Waals surface area contributed by atoms with E-state index in [0.29, 0.717) is 10.5 Å². The van der Waals surface area contributed by atoms with Crippen LogP contribution >= 0.6 is 11.8 Å². The number of fused-ring (bicyclic) bond motifs is 1. The fraction of sp³-hybridized carbons (Fsp3) is 0.179. The van der Waals surface area contributed by atoms with E-state index < -0.39 is 22.6 Å². The zero-order valence-corrected chi connectivity index (χ0v) is 21.4. The maximum Gasteiger partial charge on any atom is 0.409 e.